The Labute approximate surface area is 195 Å². The summed E-state index contributed by atoms with van der Waals surface area (Å²) in [5.41, 5.74) is -0.731. The van der Waals surface area contributed by atoms with Gasteiger partial charge in [0.25, 0.3) is 0 Å². The molecule has 2 rings (SSSR count). The summed E-state index contributed by atoms with van der Waals surface area (Å²) in [4.78, 5) is 13.0. The predicted molar refractivity (Wildman–Crippen MR) is 117 cm³/mol. The summed E-state index contributed by atoms with van der Waals surface area (Å²) in [6, 6.07) is 9.98. The van der Waals surface area contributed by atoms with Crippen LogP contribution in [0.15, 0.2) is 53.4 Å². The average molecular weight is 506 g/mol. The fraction of sp³-hybridized carbons (Fsp3) is 0.409. The first kappa shape index (κ1) is 27.3. The molecular formula is C22H26F3NO7S. The molecule has 0 aliphatic carbocycles. The maximum atomic E-state index is 12.6. The summed E-state index contributed by atoms with van der Waals surface area (Å²) < 4.78 is 76.3. The number of benzene rings is 2. The van der Waals surface area contributed by atoms with Gasteiger partial charge in [-0.3, -0.25) is 0 Å². The minimum Gasteiger partial charge on any atom is -0.457 e. The number of amides is 1. The van der Waals surface area contributed by atoms with Crippen molar-refractivity contribution in [3.8, 4) is 17.2 Å². The molecular weight excluding hydrogens is 479 g/mol. The summed E-state index contributed by atoms with van der Waals surface area (Å²) >= 11 is 0. The molecule has 1 N–H and O–H groups in total. The first-order valence-corrected chi connectivity index (χ1v) is 11.7. The molecule has 8 nitrogen and oxygen atoms in total. The number of alkyl halides is 3. The van der Waals surface area contributed by atoms with E-state index in [0.29, 0.717) is 0 Å². The van der Waals surface area contributed by atoms with Crippen LogP contribution in [0.2, 0.25) is 0 Å². The highest BCUT2D eigenvalue weighted by atomic mass is 32.2. The third kappa shape index (κ3) is 9.10. The van der Waals surface area contributed by atoms with Crippen LogP contribution in [0, 0.1) is 0 Å². The lowest BCUT2D eigenvalue weighted by molar-refractivity contribution is -0.274. The molecule has 1 unspecified atom stereocenters. The molecule has 0 saturated carbocycles. The van der Waals surface area contributed by atoms with E-state index in [0.717, 1.165) is 17.0 Å². The molecule has 0 aliphatic rings. The highest BCUT2D eigenvalue weighted by Gasteiger charge is 2.31. The lowest BCUT2D eigenvalue weighted by Gasteiger charge is -2.26. The van der Waals surface area contributed by atoms with Crippen molar-refractivity contribution < 1.29 is 45.7 Å². The number of aliphatic hydroxyl groups is 1. The van der Waals surface area contributed by atoms with Gasteiger partial charge < -0.3 is 24.2 Å². The molecule has 0 heterocycles. The van der Waals surface area contributed by atoms with E-state index in [-0.39, 0.29) is 22.9 Å². The van der Waals surface area contributed by atoms with Gasteiger partial charge in [0.2, 0.25) is 0 Å². The van der Waals surface area contributed by atoms with E-state index in [2.05, 4.69) is 4.74 Å². The van der Waals surface area contributed by atoms with Crippen LogP contribution >= 0.6 is 0 Å². The standard InChI is InChI=1S/C22H26F3NO7S/c1-21(2,3)33-20(28)26(4)13-15(27)14-34(29,30)19-11-9-17(10-12-19)31-16-5-7-18(8-6-16)32-22(23,24)25/h5-12,15,27H,13-14H2,1-4H3. The second-order valence-electron chi connectivity index (χ2n) is 8.39. The molecule has 0 spiro atoms. The minimum absolute atomic E-state index is 0.0762. The molecule has 0 fully saturated rings. The Morgan fingerprint density at radius 3 is 1.91 bits per heavy atom. The quantitative estimate of drug-likeness (QED) is 0.568. The fourth-order valence-corrected chi connectivity index (χ4v) is 4.05. The number of hydrogen-bond donors (Lipinski definition) is 1. The number of carbonyl (C=O) groups excluding carboxylic acids is 1. The van der Waals surface area contributed by atoms with Gasteiger partial charge in [-0.1, -0.05) is 0 Å². The van der Waals surface area contributed by atoms with Crippen LogP contribution < -0.4 is 9.47 Å². The summed E-state index contributed by atoms with van der Waals surface area (Å²) in [6.45, 7) is 4.81. The topological polar surface area (TPSA) is 102 Å². The maximum Gasteiger partial charge on any atom is 0.573 e. The van der Waals surface area contributed by atoms with Gasteiger partial charge in [0, 0.05) is 7.05 Å². The number of likely N-dealkylation sites (N-methyl/N-ethyl adjacent to an activating group) is 1. The predicted octanol–water partition coefficient (Wildman–Crippen LogP) is 4.38. The first-order valence-electron chi connectivity index (χ1n) is 10.0. The SMILES string of the molecule is CN(CC(O)CS(=O)(=O)c1ccc(Oc2ccc(OC(F)(F)F)cc2)cc1)C(=O)OC(C)(C)C. The van der Waals surface area contributed by atoms with Crippen molar-refractivity contribution >= 4 is 15.9 Å². The number of sulfone groups is 1. The fourth-order valence-electron chi connectivity index (χ4n) is 2.69. The highest BCUT2D eigenvalue weighted by Crippen LogP contribution is 2.28. The van der Waals surface area contributed by atoms with Gasteiger partial charge in [-0.25, -0.2) is 13.2 Å². The number of aliphatic hydroxyl groups excluding tert-OH is 1. The van der Waals surface area contributed by atoms with Crippen molar-refractivity contribution in [1.82, 2.24) is 4.90 Å². The smallest absolute Gasteiger partial charge is 0.457 e. The molecule has 1 atom stereocenters. The largest absolute Gasteiger partial charge is 0.573 e. The van der Waals surface area contributed by atoms with Crippen molar-refractivity contribution in [3.05, 3.63) is 48.5 Å². The van der Waals surface area contributed by atoms with Gasteiger partial charge >= 0.3 is 12.5 Å². The van der Waals surface area contributed by atoms with E-state index in [1.807, 2.05) is 0 Å². The van der Waals surface area contributed by atoms with Crippen LogP contribution in [-0.2, 0) is 14.6 Å². The molecule has 2 aromatic carbocycles. The molecule has 0 radical (unpaired) electrons. The second kappa shape index (κ2) is 10.5. The van der Waals surface area contributed by atoms with Gasteiger partial charge in [-0.05, 0) is 69.3 Å². The minimum atomic E-state index is -4.80. The van der Waals surface area contributed by atoms with Gasteiger partial charge in [0.05, 0.1) is 23.3 Å². The second-order valence-corrected chi connectivity index (χ2v) is 10.4. The average Bonchev–Trinajstić information content (AvgIpc) is 2.67. The monoisotopic (exact) mass is 505 g/mol. The van der Waals surface area contributed by atoms with E-state index >= 15 is 0 Å². The van der Waals surface area contributed by atoms with E-state index in [4.69, 9.17) is 9.47 Å². The Balaban J connectivity index is 1.96. The van der Waals surface area contributed by atoms with Gasteiger partial charge in [-0.15, -0.1) is 13.2 Å². The van der Waals surface area contributed by atoms with Crippen LogP contribution in [-0.4, -0.2) is 61.9 Å². The Bertz CT molecular complexity index is 1060. The maximum absolute atomic E-state index is 12.6. The number of hydrogen-bond acceptors (Lipinski definition) is 7. The zero-order valence-corrected chi connectivity index (χ0v) is 19.8. The van der Waals surface area contributed by atoms with E-state index in [1.54, 1.807) is 20.8 Å². The Hall–Kier alpha value is -2.99. The summed E-state index contributed by atoms with van der Waals surface area (Å²) in [6.07, 6.45) is -6.85. The molecule has 0 aliphatic heterocycles. The number of halogens is 3. The van der Waals surface area contributed by atoms with Crippen molar-refractivity contribution in [2.45, 2.75) is 43.7 Å². The number of nitrogens with zero attached hydrogens (tertiary/aromatic N) is 1. The Kier molecular flexibility index (Phi) is 8.43. The summed E-state index contributed by atoms with van der Waals surface area (Å²) in [5, 5.41) is 10.2. The van der Waals surface area contributed by atoms with Crippen molar-refractivity contribution in [3.63, 3.8) is 0 Å². The lowest BCUT2D eigenvalue weighted by Crippen LogP contribution is -2.40. The third-order valence-electron chi connectivity index (χ3n) is 4.08. The molecule has 1 amide bonds. The molecule has 12 heteroatoms. The van der Waals surface area contributed by atoms with E-state index in [9.17, 15) is 31.5 Å². The van der Waals surface area contributed by atoms with Crippen molar-refractivity contribution in [2.24, 2.45) is 0 Å². The molecule has 0 saturated heterocycles. The number of ether oxygens (including phenoxy) is 3. The lowest BCUT2D eigenvalue weighted by atomic mass is 10.2. The van der Waals surface area contributed by atoms with Gasteiger partial charge in [0.1, 0.15) is 22.8 Å². The van der Waals surface area contributed by atoms with Crippen molar-refractivity contribution in [1.29, 1.82) is 0 Å². The third-order valence-corrected chi connectivity index (χ3v) is 5.89. The molecule has 0 aromatic heterocycles. The van der Waals surface area contributed by atoms with Gasteiger partial charge in [0.15, 0.2) is 9.84 Å². The zero-order valence-electron chi connectivity index (χ0n) is 19.0. The Morgan fingerprint density at radius 2 is 1.44 bits per heavy atom. The Morgan fingerprint density at radius 1 is 0.971 bits per heavy atom. The molecule has 2 aromatic rings. The van der Waals surface area contributed by atoms with Crippen LogP contribution in [0.3, 0.4) is 0 Å². The molecule has 188 valence electrons. The van der Waals surface area contributed by atoms with Crippen LogP contribution in [0.1, 0.15) is 20.8 Å². The van der Waals surface area contributed by atoms with Crippen LogP contribution in [0.4, 0.5) is 18.0 Å². The molecule has 34 heavy (non-hydrogen) atoms. The summed E-state index contributed by atoms with van der Waals surface area (Å²) in [7, 11) is -2.50. The van der Waals surface area contributed by atoms with Gasteiger partial charge in [-0.2, -0.15) is 0 Å². The highest BCUT2D eigenvalue weighted by molar-refractivity contribution is 7.91. The van der Waals surface area contributed by atoms with E-state index in [1.165, 1.54) is 43.4 Å². The van der Waals surface area contributed by atoms with Crippen LogP contribution in [0.25, 0.3) is 0 Å². The summed E-state index contributed by atoms with van der Waals surface area (Å²) in [5.74, 6) is -0.572. The molecule has 0 bridgehead atoms. The van der Waals surface area contributed by atoms with E-state index < -0.39 is 45.5 Å². The zero-order chi connectivity index (χ0) is 25.7. The number of rotatable bonds is 8. The normalized spacial score (nSPS) is 13.2. The van der Waals surface area contributed by atoms with Crippen molar-refractivity contribution in [2.75, 3.05) is 19.3 Å². The number of carbonyl (C=O) groups is 1. The van der Waals surface area contributed by atoms with Crippen LogP contribution in [0.5, 0.6) is 17.2 Å². The first-order chi connectivity index (χ1) is 15.5.